The maximum Gasteiger partial charge on any atom is 0.406 e. The zero-order chi connectivity index (χ0) is 18.1. The van der Waals surface area contributed by atoms with E-state index >= 15 is 0 Å². The maximum atomic E-state index is 12.9. The van der Waals surface area contributed by atoms with Gasteiger partial charge in [-0.2, -0.15) is 13.2 Å². The molecule has 0 amide bonds. The quantitative estimate of drug-likeness (QED) is 0.715. The van der Waals surface area contributed by atoms with Crippen LogP contribution in [0.1, 0.15) is 0 Å². The molecule has 1 aliphatic rings. The van der Waals surface area contributed by atoms with E-state index in [-0.39, 0.29) is 5.65 Å². The molecular formula is C18H17F3N4O. The Morgan fingerprint density at radius 3 is 2.42 bits per heavy atom. The number of hydrogen-bond donors (Lipinski definition) is 0. The van der Waals surface area contributed by atoms with Crippen LogP contribution in [0.4, 0.5) is 19.0 Å². The SMILES string of the molecule is FC(F)(F)Cn1ccc2c(N3CCOCC3)nc(-c3ccccc3)nc21. The van der Waals surface area contributed by atoms with E-state index in [1.54, 1.807) is 6.07 Å². The standard InChI is InChI=1S/C18H17F3N4O/c19-18(20,21)12-25-7-6-14-16(24-8-10-26-11-9-24)22-15(23-17(14)25)13-4-2-1-3-5-13/h1-7H,8-12H2. The Hall–Kier alpha value is -2.61. The third kappa shape index (κ3) is 3.37. The first kappa shape index (κ1) is 16.8. The number of benzene rings is 1. The van der Waals surface area contributed by atoms with Crippen molar-refractivity contribution in [1.29, 1.82) is 0 Å². The Kier molecular flexibility index (Phi) is 4.28. The van der Waals surface area contributed by atoms with Gasteiger partial charge in [0.2, 0.25) is 0 Å². The highest BCUT2D eigenvalue weighted by Gasteiger charge is 2.29. The van der Waals surface area contributed by atoms with Crippen molar-refractivity contribution >= 4 is 16.9 Å². The molecule has 1 saturated heterocycles. The number of halogens is 3. The predicted molar refractivity (Wildman–Crippen MR) is 92.1 cm³/mol. The van der Waals surface area contributed by atoms with E-state index in [1.807, 2.05) is 35.2 Å². The van der Waals surface area contributed by atoms with E-state index in [1.165, 1.54) is 6.20 Å². The van der Waals surface area contributed by atoms with E-state index in [0.717, 1.165) is 10.1 Å². The van der Waals surface area contributed by atoms with Crippen LogP contribution in [-0.4, -0.2) is 47.0 Å². The molecule has 26 heavy (non-hydrogen) atoms. The number of rotatable bonds is 3. The van der Waals surface area contributed by atoms with Crippen molar-refractivity contribution in [2.75, 3.05) is 31.2 Å². The first-order chi connectivity index (χ1) is 12.5. The third-order valence-electron chi connectivity index (χ3n) is 4.29. The second kappa shape index (κ2) is 6.60. The highest BCUT2D eigenvalue weighted by Crippen LogP contribution is 2.30. The van der Waals surface area contributed by atoms with E-state index in [9.17, 15) is 13.2 Å². The van der Waals surface area contributed by atoms with Crippen LogP contribution in [0, 0.1) is 0 Å². The van der Waals surface area contributed by atoms with Gasteiger partial charge < -0.3 is 14.2 Å². The van der Waals surface area contributed by atoms with E-state index in [0.29, 0.717) is 43.3 Å². The number of morpholine rings is 1. The zero-order valence-electron chi connectivity index (χ0n) is 13.9. The van der Waals surface area contributed by atoms with E-state index in [4.69, 9.17) is 4.74 Å². The van der Waals surface area contributed by atoms with Crippen LogP contribution >= 0.6 is 0 Å². The highest BCUT2D eigenvalue weighted by molar-refractivity contribution is 5.90. The van der Waals surface area contributed by atoms with Crippen LogP contribution < -0.4 is 4.90 Å². The molecule has 8 heteroatoms. The molecule has 1 aliphatic heterocycles. The minimum Gasteiger partial charge on any atom is -0.378 e. The van der Waals surface area contributed by atoms with Crippen LogP contribution in [0.15, 0.2) is 42.6 Å². The van der Waals surface area contributed by atoms with Gasteiger partial charge in [0, 0.05) is 24.8 Å². The smallest absolute Gasteiger partial charge is 0.378 e. The minimum absolute atomic E-state index is 0.290. The van der Waals surface area contributed by atoms with Crippen LogP contribution in [0.5, 0.6) is 0 Å². The monoisotopic (exact) mass is 362 g/mol. The van der Waals surface area contributed by atoms with Gasteiger partial charge in [-0.25, -0.2) is 9.97 Å². The number of aromatic nitrogens is 3. The van der Waals surface area contributed by atoms with Crippen molar-refractivity contribution in [2.45, 2.75) is 12.7 Å². The van der Waals surface area contributed by atoms with Crippen LogP contribution in [0.3, 0.4) is 0 Å². The predicted octanol–water partition coefficient (Wildman–Crippen LogP) is 3.50. The van der Waals surface area contributed by atoms with E-state index in [2.05, 4.69) is 9.97 Å². The molecule has 2 aromatic heterocycles. The molecule has 0 bridgehead atoms. The molecule has 3 heterocycles. The van der Waals surface area contributed by atoms with Gasteiger partial charge in [-0.15, -0.1) is 0 Å². The van der Waals surface area contributed by atoms with Gasteiger partial charge in [0.1, 0.15) is 18.0 Å². The lowest BCUT2D eigenvalue weighted by Gasteiger charge is -2.28. The van der Waals surface area contributed by atoms with Gasteiger partial charge in [-0.1, -0.05) is 30.3 Å². The fourth-order valence-electron chi connectivity index (χ4n) is 3.10. The van der Waals surface area contributed by atoms with Gasteiger partial charge in [0.15, 0.2) is 5.82 Å². The van der Waals surface area contributed by atoms with Gasteiger partial charge >= 0.3 is 6.18 Å². The molecular weight excluding hydrogens is 345 g/mol. The van der Waals surface area contributed by atoms with Crippen LogP contribution in [0.2, 0.25) is 0 Å². The molecule has 0 saturated carbocycles. The first-order valence-electron chi connectivity index (χ1n) is 8.33. The van der Waals surface area contributed by atoms with Gasteiger partial charge in [-0.3, -0.25) is 0 Å². The Labute approximate surface area is 148 Å². The van der Waals surface area contributed by atoms with Crippen molar-refractivity contribution < 1.29 is 17.9 Å². The van der Waals surface area contributed by atoms with Gasteiger partial charge in [0.05, 0.1) is 18.6 Å². The molecule has 1 aromatic carbocycles. The minimum atomic E-state index is -4.32. The summed E-state index contributed by atoms with van der Waals surface area (Å²) in [7, 11) is 0. The van der Waals surface area contributed by atoms with Crippen LogP contribution in [0.25, 0.3) is 22.4 Å². The number of nitrogens with zero attached hydrogens (tertiary/aromatic N) is 4. The highest BCUT2D eigenvalue weighted by atomic mass is 19.4. The van der Waals surface area contributed by atoms with Crippen molar-refractivity contribution in [1.82, 2.24) is 14.5 Å². The molecule has 3 aromatic rings. The molecule has 136 valence electrons. The average Bonchev–Trinajstić information content (AvgIpc) is 3.03. The molecule has 0 unspecified atom stereocenters. The Bertz CT molecular complexity index is 902. The second-order valence-corrected chi connectivity index (χ2v) is 6.13. The maximum absolute atomic E-state index is 12.9. The lowest BCUT2D eigenvalue weighted by atomic mass is 10.2. The molecule has 0 radical (unpaired) electrons. The summed E-state index contributed by atoms with van der Waals surface area (Å²) in [6.07, 6.45) is -2.89. The molecule has 4 rings (SSSR count). The number of alkyl halides is 3. The lowest BCUT2D eigenvalue weighted by Crippen LogP contribution is -2.37. The lowest BCUT2D eigenvalue weighted by molar-refractivity contribution is -0.139. The summed E-state index contributed by atoms with van der Waals surface area (Å²) in [5.74, 6) is 1.07. The molecule has 0 N–H and O–H groups in total. The average molecular weight is 362 g/mol. The summed E-state index contributed by atoms with van der Waals surface area (Å²) >= 11 is 0. The third-order valence-corrected chi connectivity index (χ3v) is 4.29. The molecule has 0 spiro atoms. The Balaban J connectivity index is 1.88. The largest absolute Gasteiger partial charge is 0.406 e. The second-order valence-electron chi connectivity index (χ2n) is 6.13. The number of anilines is 1. The fraction of sp³-hybridized carbons (Fsp3) is 0.333. The van der Waals surface area contributed by atoms with Gasteiger partial charge in [0.25, 0.3) is 0 Å². The number of ether oxygens (including phenoxy) is 1. The summed E-state index contributed by atoms with van der Waals surface area (Å²) in [6.45, 7) is 1.34. The number of fused-ring (bicyclic) bond motifs is 1. The van der Waals surface area contributed by atoms with Crippen molar-refractivity contribution in [3.63, 3.8) is 0 Å². The van der Waals surface area contributed by atoms with Crippen molar-refractivity contribution in [3.8, 4) is 11.4 Å². The summed E-state index contributed by atoms with van der Waals surface area (Å²) in [5, 5.41) is 0.621. The molecule has 0 aliphatic carbocycles. The topological polar surface area (TPSA) is 43.2 Å². The first-order valence-corrected chi connectivity index (χ1v) is 8.33. The van der Waals surface area contributed by atoms with Crippen molar-refractivity contribution in [2.24, 2.45) is 0 Å². The normalized spacial score (nSPS) is 15.6. The number of hydrogen-bond acceptors (Lipinski definition) is 4. The van der Waals surface area contributed by atoms with Gasteiger partial charge in [-0.05, 0) is 6.07 Å². The molecule has 1 fully saturated rings. The summed E-state index contributed by atoms with van der Waals surface area (Å²) in [5.41, 5.74) is 1.06. The van der Waals surface area contributed by atoms with Crippen LogP contribution in [-0.2, 0) is 11.3 Å². The molecule has 0 atom stereocenters. The Morgan fingerprint density at radius 2 is 1.73 bits per heavy atom. The summed E-state index contributed by atoms with van der Waals surface area (Å²) in [4.78, 5) is 11.1. The Morgan fingerprint density at radius 1 is 1.00 bits per heavy atom. The van der Waals surface area contributed by atoms with E-state index < -0.39 is 12.7 Å². The summed E-state index contributed by atoms with van der Waals surface area (Å²) in [6, 6.07) is 10.9. The van der Waals surface area contributed by atoms with Crippen molar-refractivity contribution in [3.05, 3.63) is 42.6 Å². The fourth-order valence-corrected chi connectivity index (χ4v) is 3.10. The zero-order valence-corrected chi connectivity index (χ0v) is 13.9. The molecule has 5 nitrogen and oxygen atoms in total. The summed E-state index contributed by atoms with van der Waals surface area (Å²) < 4.78 is 45.3.